The largest absolute Gasteiger partial charge is 2.00 e. The first-order chi connectivity index (χ1) is 14.5. The number of hydrogen-bond donors (Lipinski definition) is 0. The molecule has 160 valence electrons. The Bertz CT molecular complexity index is 759. The van der Waals surface area contributed by atoms with Gasteiger partial charge in [-0.3, -0.25) is 0 Å². The van der Waals surface area contributed by atoms with Crippen molar-refractivity contribution in [3.63, 3.8) is 0 Å². The molecule has 2 fully saturated rings. The van der Waals surface area contributed by atoms with Crippen molar-refractivity contribution in [2.45, 2.75) is 47.6 Å². The monoisotopic (exact) mass is 484 g/mol. The third kappa shape index (κ3) is 8.27. The fraction of sp³-hybridized carbons (Fsp3) is 0.364. The van der Waals surface area contributed by atoms with E-state index in [1.54, 1.807) is 0 Å². The molecule has 2 saturated heterocycles. The summed E-state index contributed by atoms with van der Waals surface area (Å²) in [6.45, 7) is 1.64. The van der Waals surface area contributed by atoms with Gasteiger partial charge in [0.25, 0.3) is 0 Å². The number of benzene rings is 2. The van der Waals surface area contributed by atoms with Gasteiger partial charge in [-0.1, -0.05) is 36.4 Å². The van der Waals surface area contributed by atoms with Crippen LogP contribution < -0.4 is 10.2 Å². The number of hydrogen-bond acceptors (Lipinski definition) is 8. The average Bonchev–Trinajstić information content (AvgIpc) is 3.40. The summed E-state index contributed by atoms with van der Waals surface area (Å²) in [6, 6.07) is 18.8. The molecule has 2 atom stereocenters. The van der Waals surface area contributed by atoms with Crippen LogP contribution in [-0.4, -0.2) is 83.5 Å². The molecule has 2 aliphatic rings. The molecule has 2 aliphatic heterocycles. The van der Waals surface area contributed by atoms with E-state index in [9.17, 15) is 19.8 Å². The van der Waals surface area contributed by atoms with Crippen molar-refractivity contribution in [3.8, 4) is 0 Å². The molecule has 0 radical (unpaired) electrons. The van der Waals surface area contributed by atoms with Crippen molar-refractivity contribution in [1.82, 2.24) is 8.61 Å². The summed E-state index contributed by atoms with van der Waals surface area (Å²) in [4.78, 5) is 23.8. The fourth-order valence-corrected chi connectivity index (χ4v) is 5.58. The minimum atomic E-state index is -0.962. The number of carboxylic acids is 2. The van der Waals surface area contributed by atoms with Gasteiger partial charge in [-0.2, -0.15) is 0 Å². The van der Waals surface area contributed by atoms with Gasteiger partial charge < -0.3 is 19.8 Å². The molecule has 2 heterocycles. The van der Waals surface area contributed by atoms with Crippen molar-refractivity contribution in [2.24, 2.45) is 0 Å². The number of aliphatic carboxylic acids is 2. The van der Waals surface area contributed by atoms with Gasteiger partial charge in [-0.05, 0) is 73.8 Å². The second-order valence-electron chi connectivity index (χ2n) is 7.04. The molecular weight excluding hydrogens is 460 g/mol. The molecule has 2 aromatic rings. The van der Waals surface area contributed by atoms with Gasteiger partial charge in [-0.25, -0.2) is 8.61 Å². The maximum Gasteiger partial charge on any atom is 2.00 e. The van der Waals surface area contributed by atoms with Crippen LogP contribution in [0.1, 0.15) is 25.7 Å². The molecule has 0 amide bonds. The molecule has 0 aromatic heterocycles. The summed E-state index contributed by atoms with van der Waals surface area (Å²) < 4.78 is 3.79. The smallest absolute Gasteiger partial charge is 0.548 e. The van der Waals surface area contributed by atoms with Crippen LogP contribution in [0.4, 0.5) is 0 Å². The zero-order valence-electron chi connectivity index (χ0n) is 17.2. The standard InChI is InChI=1S/2C11H13NO2S.Ca/c2*13-11(14)10-7-4-8-12(10)15-9-5-2-1-3-6-9;/h2*1-3,5-6,10H,4,7-8H2,(H,13,14);/q;;+2/p-2/t2*10-;/m00./s1. The van der Waals surface area contributed by atoms with Crippen molar-refractivity contribution in [2.75, 3.05) is 13.1 Å². The molecule has 6 nitrogen and oxygen atoms in total. The maximum atomic E-state index is 10.8. The number of carbonyl (C=O) groups excluding carboxylic acids is 2. The van der Waals surface area contributed by atoms with Crippen LogP contribution in [0.25, 0.3) is 0 Å². The SMILES string of the molecule is O=C([O-])[C@@H]1CCCN1Sc1ccccc1.O=C([O-])[C@@H]1CCCN1Sc1ccccc1.[Ca+2]. The molecule has 31 heavy (non-hydrogen) atoms. The Morgan fingerprint density at radius 2 is 1.06 bits per heavy atom. The molecule has 0 aliphatic carbocycles. The van der Waals surface area contributed by atoms with E-state index < -0.39 is 24.0 Å². The van der Waals surface area contributed by atoms with Crippen LogP contribution in [0.2, 0.25) is 0 Å². The Labute approximate surface area is 221 Å². The van der Waals surface area contributed by atoms with Gasteiger partial charge in [0.2, 0.25) is 0 Å². The minimum Gasteiger partial charge on any atom is -0.548 e. The predicted molar refractivity (Wildman–Crippen MR) is 120 cm³/mol. The molecule has 2 aromatic carbocycles. The Kier molecular flexibility index (Phi) is 11.7. The third-order valence-corrected chi connectivity index (χ3v) is 7.19. The van der Waals surface area contributed by atoms with E-state index in [1.807, 2.05) is 69.3 Å². The van der Waals surface area contributed by atoms with Crippen molar-refractivity contribution < 1.29 is 19.8 Å². The Balaban J connectivity index is 0.000000213. The Morgan fingerprint density at radius 1 is 0.710 bits per heavy atom. The zero-order valence-corrected chi connectivity index (χ0v) is 21.1. The van der Waals surface area contributed by atoms with Crippen LogP contribution in [-0.2, 0) is 9.59 Å². The third-order valence-electron chi connectivity index (χ3n) is 4.88. The van der Waals surface area contributed by atoms with E-state index in [1.165, 1.54) is 23.9 Å². The van der Waals surface area contributed by atoms with Gasteiger partial charge >= 0.3 is 37.7 Å². The minimum absolute atomic E-state index is 0. The van der Waals surface area contributed by atoms with Crippen molar-refractivity contribution in [3.05, 3.63) is 60.7 Å². The number of nitrogens with zero attached hydrogens (tertiary/aromatic N) is 2. The number of rotatable bonds is 6. The van der Waals surface area contributed by atoms with Crippen LogP contribution >= 0.6 is 23.9 Å². The average molecular weight is 485 g/mol. The fourth-order valence-electron chi connectivity index (χ4n) is 3.40. The van der Waals surface area contributed by atoms with E-state index in [2.05, 4.69) is 0 Å². The molecule has 0 spiro atoms. The van der Waals surface area contributed by atoms with E-state index in [4.69, 9.17) is 0 Å². The van der Waals surface area contributed by atoms with Gasteiger partial charge in [0.1, 0.15) is 0 Å². The first kappa shape index (κ1) is 26.5. The van der Waals surface area contributed by atoms with Crippen molar-refractivity contribution >= 4 is 73.6 Å². The Morgan fingerprint density at radius 3 is 1.39 bits per heavy atom. The van der Waals surface area contributed by atoms with Gasteiger partial charge in [-0.15, -0.1) is 0 Å². The summed E-state index contributed by atoms with van der Waals surface area (Å²) in [5.41, 5.74) is 0. The van der Waals surface area contributed by atoms with Crippen LogP contribution in [0.15, 0.2) is 70.5 Å². The summed E-state index contributed by atoms with van der Waals surface area (Å²) in [7, 11) is 0. The normalized spacial score (nSPS) is 21.0. The summed E-state index contributed by atoms with van der Waals surface area (Å²) in [6.07, 6.45) is 3.25. The van der Waals surface area contributed by atoms with Gasteiger partial charge in [0.15, 0.2) is 0 Å². The second-order valence-corrected chi connectivity index (χ2v) is 9.29. The second kappa shape index (κ2) is 13.7. The predicted octanol–water partition coefficient (Wildman–Crippen LogP) is 1.44. The van der Waals surface area contributed by atoms with Crippen LogP contribution in [0.5, 0.6) is 0 Å². The summed E-state index contributed by atoms with van der Waals surface area (Å²) in [5.74, 6) is -1.92. The molecule has 0 bridgehead atoms. The summed E-state index contributed by atoms with van der Waals surface area (Å²) in [5, 5.41) is 21.7. The van der Waals surface area contributed by atoms with Crippen LogP contribution in [0, 0.1) is 0 Å². The Hall–Kier alpha value is -0.740. The number of carboxylic acid groups (broad SMARTS) is 2. The maximum absolute atomic E-state index is 10.8. The van der Waals surface area contributed by atoms with E-state index in [0.717, 1.165) is 35.7 Å². The molecule has 0 saturated carbocycles. The van der Waals surface area contributed by atoms with Crippen molar-refractivity contribution in [1.29, 1.82) is 0 Å². The molecule has 9 heteroatoms. The number of carbonyl (C=O) groups is 2. The summed E-state index contributed by atoms with van der Waals surface area (Å²) >= 11 is 3.00. The first-order valence-electron chi connectivity index (χ1n) is 9.95. The van der Waals surface area contributed by atoms with E-state index in [0.29, 0.717) is 12.8 Å². The molecule has 0 unspecified atom stereocenters. The first-order valence-corrected chi connectivity index (χ1v) is 11.5. The van der Waals surface area contributed by atoms with E-state index in [-0.39, 0.29) is 37.7 Å². The van der Waals surface area contributed by atoms with E-state index >= 15 is 0 Å². The molecular formula is C22H24CaN2O4S2. The zero-order chi connectivity index (χ0) is 21.3. The molecule has 0 N–H and O–H groups in total. The topological polar surface area (TPSA) is 86.7 Å². The van der Waals surface area contributed by atoms with Crippen LogP contribution in [0.3, 0.4) is 0 Å². The molecule has 4 rings (SSSR count). The van der Waals surface area contributed by atoms with Gasteiger partial charge in [0.05, 0.1) is 24.0 Å². The van der Waals surface area contributed by atoms with Gasteiger partial charge in [0, 0.05) is 22.9 Å². The quantitative estimate of drug-likeness (QED) is 0.450.